The molecule has 15 rings (SSSR count). The van der Waals surface area contributed by atoms with Gasteiger partial charge in [-0.2, -0.15) is 0 Å². The highest BCUT2D eigenvalue weighted by Gasteiger charge is 2.69. The average molecular weight is 1230 g/mol. The quantitative estimate of drug-likeness (QED) is 0.0386. The van der Waals surface area contributed by atoms with Crippen LogP contribution in [0.1, 0.15) is 129 Å². The van der Waals surface area contributed by atoms with Crippen LogP contribution in [0.2, 0.25) is 0 Å². The number of nitrogens with zero attached hydrogens (tertiary/aromatic N) is 1. The third kappa shape index (κ3) is 10.1. The number of methoxy groups -OCH3 is 1. The Bertz CT molecular complexity index is 4110. The van der Waals surface area contributed by atoms with Gasteiger partial charge in [0.25, 0.3) is 0 Å². The number of fused-ring (bicyclic) bond motifs is 19. The number of rotatable bonds is 8. The molecule has 16 atom stereocenters. The molecule has 17 nitrogen and oxygen atoms in total. The summed E-state index contributed by atoms with van der Waals surface area (Å²) in [5.41, 5.74) is 8.95. The molecule has 5 fully saturated rings. The van der Waals surface area contributed by atoms with Crippen molar-refractivity contribution >= 4 is 45.5 Å². The number of esters is 1. The maximum absolute atomic E-state index is 15.7. The number of Topliss-reactive ketones (excluding diaryl/α,β-unsaturated/α-hetero) is 1. The molecule has 8 aliphatic rings. The molecule has 17 heteroatoms. The van der Waals surface area contributed by atoms with Crippen LogP contribution in [-0.4, -0.2) is 125 Å². The molecule has 5 aliphatic carbocycles. The number of ketones is 1. The Labute approximate surface area is 527 Å². The second kappa shape index (κ2) is 23.4. The summed E-state index contributed by atoms with van der Waals surface area (Å²) in [6, 6.07) is 25.8. The molecule has 0 radical (unpaired) electrons. The number of aryl methyl sites for hydroxylation is 1. The van der Waals surface area contributed by atoms with E-state index in [9.17, 15) is 45.3 Å². The topological polar surface area (TPSA) is 269 Å². The zero-order chi connectivity index (χ0) is 62.6. The molecule has 3 aliphatic heterocycles. The van der Waals surface area contributed by atoms with Crippen molar-refractivity contribution in [2.24, 2.45) is 46.8 Å². The first kappa shape index (κ1) is 59.5. The van der Waals surface area contributed by atoms with Crippen LogP contribution in [0.3, 0.4) is 0 Å². The van der Waals surface area contributed by atoms with Gasteiger partial charge in [0.2, 0.25) is 0 Å². The van der Waals surface area contributed by atoms with E-state index in [0.717, 1.165) is 86.8 Å². The summed E-state index contributed by atoms with van der Waals surface area (Å²) in [6.07, 6.45) is 8.18. The summed E-state index contributed by atoms with van der Waals surface area (Å²) in [5, 5.41) is 85.5. The van der Waals surface area contributed by atoms with E-state index in [0.29, 0.717) is 56.1 Å². The van der Waals surface area contributed by atoms with E-state index in [4.69, 9.17) is 14.2 Å². The minimum atomic E-state index is -1.40. The number of carbonyl (C=O) groups excluding carboxylic acids is 3. The number of piperidine rings is 1. The van der Waals surface area contributed by atoms with Crippen LogP contribution in [-0.2, 0) is 38.4 Å². The number of cyclic esters (lactones) is 1. The fourth-order valence-electron chi connectivity index (χ4n) is 19.8. The predicted octanol–water partition coefficient (Wildman–Crippen LogP) is 9.64. The van der Waals surface area contributed by atoms with Gasteiger partial charge in [-0.25, -0.2) is 0 Å². The summed E-state index contributed by atoms with van der Waals surface area (Å²) in [4.78, 5) is 51.9. The zero-order valence-corrected chi connectivity index (χ0v) is 51.2. The molecule has 4 saturated carbocycles. The number of aliphatic hydroxyl groups excluding tert-OH is 4. The van der Waals surface area contributed by atoms with E-state index in [2.05, 4.69) is 56.0 Å². The number of aromatic nitrogens is 3. The largest absolute Gasteiger partial charge is 0.508 e. The van der Waals surface area contributed by atoms with E-state index in [1.807, 2.05) is 42.6 Å². The number of benzene rings is 4. The number of allylic oxidation sites excluding steroid dienone is 1. The molecule has 16 unspecified atom stereocenters. The molecule has 6 heterocycles. The number of carbonyl (C=O) groups is 3. The summed E-state index contributed by atoms with van der Waals surface area (Å²) in [5.74, 6) is 3.76. The molecule has 2 bridgehead atoms. The molecule has 1 saturated heterocycles. The van der Waals surface area contributed by atoms with Crippen molar-refractivity contribution in [2.75, 3.05) is 20.3 Å². The van der Waals surface area contributed by atoms with Gasteiger partial charge in [-0.1, -0.05) is 54.7 Å². The number of aromatic amines is 2. The van der Waals surface area contributed by atoms with Crippen molar-refractivity contribution in [3.63, 3.8) is 0 Å². The van der Waals surface area contributed by atoms with Crippen LogP contribution in [0.25, 0.3) is 38.8 Å². The first-order chi connectivity index (χ1) is 44.2. The van der Waals surface area contributed by atoms with Gasteiger partial charge in [-0.3, -0.25) is 9.59 Å². The van der Waals surface area contributed by atoms with Gasteiger partial charge in [-0.05, 0) is 193 Å². The highest BCUT2D eigenvalue weighted by molar-refractivity contribution is 5.95. The van der Waals surface area contributed by atoms with E-state index in [1.165, 1.54) is 19.5 Å². The monoisotopic (exact) mass is 1230 g/mol. The van der Waals surface area contributed by atoms with Crippen molar-refractivity contribution in [3.05, 3.63) is 131 Å². The lowest BCUT2D eigenvalue weighted by Gasteiger charge is -2.61. The number of H-pyrrole nitrogens is 2. The Morgan fingerprint density at radius 3 is 2.56 bits per heavy atom. The molecular formula is C74H80N4O13. The van der Waals surface area contributed by atoms with Crippen molar-refractivity contribution < 1.29 is 64.3 Å². The molecule has 10 N–H and O–H groups in total. The number of hydrogen-bond acceptors (Lipinski definition) is 14. The van der Waals surface area contributed by atoms with E-state index >= 15 is 4.79 Å². The van der Waals surface area contributed by atoms with Crippen molar-refractivity contribution in [3.8, 4) is 51.8 Å². The third-order valence-corrected chi connectivity index (χ3v) is 23.2. The number of para-hydroxylation sites is 1. The first-order valence-corrected chi connectivity index (χ1v) is 32.9. The van der Waals surface area contributed by atoms with Gasteiger partial charge in [-0.15, -0.1) is 0 Å². The molecule has 3 aromatic heterocycles. The second-order valence-corrected chi connectivity index (χ2v) is 27.8. The summed E-state index contributed by atoms with van der Waals surface area (Å²) < 4.78 is 20.2. The van der Waals surface area contributed by atoms with E-state index < -0.39 is 53.2 Å². The number of nitrogens with one attached hydrogen (secondary N) is 3. The molecule has 474 valence electrons. The SMILES string of the molecule is COc1cc2c(cc1O)C1=CC3CC4(CC5(CC4C=O)NC4C(O)CCCC4C4CCc6ccc(O)cc6-c6cc7[nH]ccc7n6C45)C4CC(O)CCC4C3C2CC(=O)CC(C(O)Cc2ccc(O)c(OCCO)c2)OC(=O)CC#CCc2c1[nH]c1ccccc21. The number of aldehydes is 1. The molecule has 0 amide bonds. The zero-order valence-electron chi connectivity index (χ0n) is 51.2. The van der Waals surface area contributed by atoms with Crippen molar-refractivity contribution in [1.29, 1.82) is 0 Å². The Morgan fingerprint density at radius 1 is 0.857 bits per heavy atom. The number of phenolic OH excluding ortho intramolecular Hbond substituents is 3. The van der Waals surface area contributed by atoms with E-state index in [1.54, 1.807) is 24.3 Å². The molecule has 7 aromatic rings. The van der Waals surface area contributed by atoms with E-state index in [-0.39, 0.29) is 127 Å². The number of aliphatic hydroxyl groups is 4. The summed E-state index contributed by atoms with van der Waals surface area (Å²) in [7, 11) is 1.51. The van der Waals surface area contributed by atoms with Crippen molar-refractivity contribution in [2.45, 2.75) is 151 Å². The lowest BCUT2D eigenvalue weighted by Crippen LogP contribution is -2.68. The van der Waals surface area contributed by atoms with Gasteiger partial charge >= 0.3 is 5.97 Å². The number of hydrogen-bond donors (Lipinski definition) is 10. The van der Waals surface area contributed by atoms with Crippen molar-refractivity contribution in [1.82, 2.24) is 19.9 Å². The van der Waals surface area contributed by atoms with Crippen LogP contribution in [0.4, 0.5) is 0 Å². The van der Waals surface area contributed by atoms with Crippen LogP contribution in [0, 0.1) is 58.7 Å². The van der Waals surface area contributed by atoms with Gasteiger partial charge in [0.05, 0.1) is 60.5 Å². The second-order valence-electron chi connectivity index (χ2n) is 27.8. The normalized spacial score (nSPS) is 32.2. The maximum atomic E-state index is 15.7. The Hall–Kier alpha value is -7.85. The number of aromatic hydroxyl groups is 3. The highest BCUT2D eigenvalue weighted by Crippen LogP contribution is 2.71. The maximum Gasteiger partial charge on any atom is 0.318 e. The van der Waals surface area contributed by atoms with Crippen LogP contribution < -0.4 is 14.8 Å². The standard InChI is InChI=1S/C74H80N4O13/c1-89-65-33-53-52(32-64(65)87)55-27-41-35-73(38-74(36-42(73)37-80)72-49(48-9-6-11-62(85)71(48)77-74)18-15-40-14-16-43(81)28-51(40)60-34-58-59(78(60)72)21-22-75-58)56-30-44(82)17-19-50(56)69(41)54(53)29-45(83)31-67(63(86)25-39-13-20-61(84)66(26-39)90-24-23-79)91-68(88)12-5-3-8-47-46-7-2-4-10-57(46)76-70(47)55/h2,4,7,10,13-14,16,20-22,26-28,32-34,37,41-42,44,48-50,54,56,62-63,67,69,71-72,75-77,79,81-82,84-87H,6,8-9,11-12,15,17-19,23-25,29-31,35-36,38H2,1H3. The predicted molar refractivity (Wildman–Crippen MR) is 340 cm³/mol. The Morgan fingerprint density at radius 2 is 1.71 bits per heavy atom. The molecule has 91 heavy (non-hydrogen) atoms. The lowest BCUT2D eigenvalue weighted by atomic mass is 9.46. The minimum Gasteiger partial charge on any atom is -0.508 e. The Kier molecular flexibility index (Phi) is 15.3. The molecular weight excluding hydrogens is 1150 g/mol. The fourth-order valence-corrected chi connectivity index (χ4v) is 19.8. The summed E-state index contributed by atoms with van der Waals surface area (Å²) in [6.45, 7) is -0.365. The van der Waals surface area contributed by atoms with Crippen LogP contribution in [0.15, 0.2) is 97.2 Å². The third-order valence-electron chi connectivity index (χ3n) is 23.2. The highest BCUT2D eigenvalue weighted by atomic mass is 16.6. The Balaban J connectivity index is 0.913. The summed E-state index contributed by atoms with van der Waals surface area (Å²) >= 11 is 0. The van der Waals surface area contributed by atoms with Crippen LogP contribution >= 0.6 is 0 Å². The van der Waals surface area contributed by atoms with Gasteiger partial charge in [0.15, 0.2) is 23.0 Å². The average Bonchev–Trinajstić information content (AvgIpc) is 1.56. The van der Waals surface area contributed by atoms with Gasteiger partial charge in [0.1, 0.15) is 37.0 Å². The lowest BCUT2D eigenvalue weighted by molar-refractivity contribution is -0.155. The molecule has 4 aromatic carbocycles. The van der Waals surface area contributed by atoms with Crippen LogP contribution in [0.5, 0.6) is 28.7 Å². The van der Waals surface area contributed by atoms with Gasteiger partial charge < -0.3 is 74.6 Å². The molecule has 2 spiro atoms. The number of phenols is 3. The minimum absolute atomic E-state index is 0.0616. The van der Waals surface area contributed by atoms with Gasteiger partial charge in [0, 0.05) is 71.4 Å². The fraction of sp³-hybridized carbons (Fsp3) is 0.473. The number of ether oxygens (including phenoxy) is 3. The first-order valence-electron chi connectivity index (χ1n) is 32.9. The smallest absolute Gasteiger partial charge is 0.318 e.